The summed E-state index contributed by atoms with van der Waals surface area (Å²) in [5.74, 6) is 2.29. The molecule has 0 unspecified atom stereocenters. The predicted molar refractivity (Wildman–Crippen MR) is 616 cm³/mol. The van der Waals surface area contributed by atoms with Gasteiger partial charge in [0.25, 0.3) is 0 Å². The van der Waals surface area contributed by atoms with Crippen molar-refractivity contribution in [2.45, 2.75) is 166 Å². The van der Waals surface area contributed by atoms with Crippen molar-refractivity contribution in [1.29, 1.82) is 0 Å². The molecule has 0 spiro atoms. The Balaban J connectivity index is 0.000000102. The second kappa shape index (κ2) is 39.3. The Hall–Kier alpha value is -15.7. The highest BCUT2D eigenvalue weighted by Gasteiger charge is 2.34. The molecular formula is C138H132N5O5+5. The van der Waals surface area contributed by atoms with Crippen LogP contribution in [0.3, 0.4) is 0 Å². The number of rotatable bonds is 11. The SMILES string of the molecule is Cc1c(-c2cc(CC(C)C)cc[n+]2C)c2oc3ccccc3c2c2ccccc12.Cc1c(-c2cc(CC3CCCC3)cc[n+]2C)c2oc3ccccc3c2c2ccccc12.Cc1c(-c2cc(CC3CCCCC3)cc[n+]2C)c2oc3ccccc3c2c2ccccc12.Cc1c(-c2ccc(C(C)(C)C)c[n+]2C)c2oc3ccccc3c2c2ccccc12.Cc1cc(-c2c(C)c3ccccc3c3c2oc2ccccc23)[n+](C)cc1C. The third-order valence-electron chi connectivity index (χ3n) is 32.5. The Morgan fingerprint density at radius 3 is 0.797 bits per heavy atom. The lowest BCUT2D eigenvalue weighted by atomic mass is 9.84. The molecule has 10 heterocycles. The third-order valence-corrected chi connectivity index (χ3v) is 32.5. The minimum atomic E-state index is 0.114. The van der Waals surface area contributed by atoms with Gasteiger partial charge in [0.1, 0.15) is 91.1 Å². The highest BCUT2D eigenvalue weighted by atomic mass is 16.3. The molecule has 25 aromatic rings. The summed E-state index contributed by atoms with van der Waals surface area (Å²) >= 11 is 0. The molecule has 0 atom stereocenters. The zero-order chi connectivity index (χ0) is 102. The second-order valence-corrected chi connectivity index (χ2v) is 43.8. The standard InChI is InChI=1S/C30H30NO.C29H28NO.2C27H26NO.C25H22NO/c1-20-23-12-6-7-13-24(23)29-25-14-8-9-15-27(25)32-30(29)28(20)26-19-22(16-17-31(26)2)18-21-10-4-3-5-11-21;1-19-22-11-5-6-12-23(22)28-24-13-7-8-14-26(24)31-29(28)27(19)25-18-21(15-16-30(25)2)17-20-9-3-4-10-20;1-17-19-10-6-7-11-20(19)25-21-12-8-9-13-23(21)29-26(25)24(17)22-15-14-18(16-28(22)5)27(2,3)4;1-17(2)15-19-13-14-28(4)23(16-19)25-18(3)20-9-5-6-10-21(20)26-22-11-7-8-12-24(22)29-27(25)26;1-15-13-21(26(4)14-16(15)2)23-17(3)18-9-5-6-10-19(18)24-20-11-7-8-12-22(20)27-25(23)24/h6-9,12-17,19,21H,3-5,10-11,18H2,1-2H3;5-8,11-16,18,20H,3-4,9-10,17H2,1-2H3;6-16H,1-5H3;5-14,16-17H,15H2,1-4H3;5-14H,1-4H3/q5*+1. The number of hydrogen-bond donors (Lipinski definition) is 0. The summed E-state index contributed by atoms with van der Waals surface area (Å²) in [6.45, 7) is 26.8. The van der Waals surface area contributed by atoms with Crippen molar-refractivity contribution in [2.75, 3.05) is 0 Å². The number of para-hydroxylation sites is 5. The van der Waals surface area contributed by atoms with Gasteiger partial charge in [0.05, 0.1) is 27.8 Å². The van der Waals surface area contributed by atoms with Gasteiger partial charge < -0.3 is 22.1 Å². The molecule has 0 aliphatic heterocycles. The van der Waals surface area contributed by atoms with Gasteiger partial charge in [-0.15, -0.1) is 0 Å². The van der Waals surface area contributed by atoms with E-state index in [1.807, 2.05) is 18.2 Å². The van der Waals surface area contributed by atoms with E-state index in [0.717, 1.165) is 74.1 Å². The summed E-state index contributed by atoms with van der Waals surface area (Å²) in [7, 11) is 10.7. The van der Waals surface area contributed by atoms with Crippen LogP contribution in [-0.4, -0.2) is 0 Å². The number of furan rings is 5. The number of benzene rings is 15. The van der Waals surface area contributed by atoms with E-state index >= 15 is 0 Å². The number of nitrogens with zero attached hydrogens (tertiary/aromatic N) is 5. The smallest absolute Gasteiger partial charge is 0.216 e. The average molecular weight is 1940 g/mol. The maximum atomic E-state index is 6.56. The van der Waals surface area contributed by atoms with Crippen LogP contribution in [0, 0.1) is 66.2 Å². The molecule has 148 heavy (non-hydrogen) atoms. The Morgan fingerprint density at radius 1 is 0.257 bits per heavy atom. The molecule has 0 saturated heterocycles. The van der Waals surface area contributed by atoms with E-state index in [4.69, 9.17) is 22.1 Å². The number of aryl methyl sites for hydroxylation is 12. The van der Waals surface area contributed by atoms with Crippen LogP contribution in [0.15, 0.2) is 350 Å². The first-order valence-corrected chi connectivity index (χ1v) is 53.4. The van der Waals surface area contributed by atoms with Gasteiger partial charge >= 0.3 is 0 Å². The van der Waals surface area contributed by atoms with Gasteiger partial charge in [0, 0.05) is 114 Å². The first-order chi connectivity index (χ1) is 71.9. The van der Waals surface area contributed by atoms with Crippen molar-refractivity contribution in [3.63, 3.8) is 0 Å². The van der Waals surface area contributed by atoms with Gasteiger partial charge in [-0.3, -0.25) is 0 Å². The lowest BCUT2D eigenvalue weighted by Gasteiger charge is -2.21. The van der Waals surface area contributed by atoms with Crippen LogP contribution in [0.2, 0.25) is 0 Å². The fraction of sp³-hybridized carbons (Fsp3) is 0.239. The molecular weight excluding hydrogens is 1810 g/mol. The van der Waals surface area contributed by atoms with Crippen molar-refractivity contribution in [3.05, 3.63) is 389 Å². The largest absolute Gasteiger partial charge is 0.455 e. The molecule has 10 heteroatoms. The van der Waals surface area contributed by atoms with Gasteiger partial charge in [-0.2, -0.15) is 0 Å². The highest BCUT2D eigenvalue weighted by molar-refractivity contribution is 6.28. The van der Waals surface area contributed by atoms with Gasteiger partial charge in [-0.25, -0.2) is 22.8 Å². The molecule has 0 radical (unpaired) electrons. The van der Waals surface area contributed by atoms with Crippen molar-refractivity contribution in [1.82, 2.24) is 0 Å². The molecule has 0 amide bonds. The molecule has 2 aliphatic carbocycles. The second-order valence-electron chi connectivity index (χ2n) is 43.8. The van der Waals surface area contributed by atoms with Crippen LogP contribution in [0.4, 0.5) is 0 Å². The summed E-state index contributed by atoms with van der Waals surface area (Å²) in [6.07, 6.45) is 27.0. The summed E-state index contributed by atoms with van der Waals surface area (Å²) in [6, 6.07) is 106. The van der Waals surface area contributed by atoms with E-state index in [0.29, 0.717) is 5.92 Å². The Labute approximate surface area is 866 Å². The molecule has 0 bridgehead atoms. The first kappa shape index (κ1) is 95.8. The summed E-state index contributed by atoms with van der Waals surface area (Å²) in [5, 5.41) is 24.8. The number of aromatic nitrogens is 5. The lowest BCUT2D eigenvalue weighted by Crippen LogP contribution is -2.33. The van der Waals surface area contributed by atoms with Crippen LogP contribution in [0.25, 0.3) is 220 Å². The lowest BCUT2D eigenvalue weighted by molar-refractivity contribution is -0.661. The topological polar surface area (TPSA) is 85.1 Å². The van der Waals surface area contributed by atoms with Gasteiger partial charge in [-0.1, -0.05) is 305 Å². The molecule has 10 nitrogen and oxygen atoms in total. The van der Waals surface area contributed by atoms with Crippen molar-refractivity contribution < 1.29 is 44.9 Å². The Bertz CT molecular complexity index is 9560. The molecule has 0 N–H and O–H groups in total. The number of hydrogen-bond acceptors (Lipinski definition) is 5. The first-order valence-electron chi connectivity index (χ1n) is 53.4. The monoisotopic (exact) mass is 1940 g/mol. The highest BCUT2D eigenvalue weighted by Crippen LogP contribution is 2.51. The van der Waals surface area contributed by atoms with Crippen LogP contribution in [-0.2, 0) is 59.9 Å². The van der Waals surface area contributed by atoms with E-state index in [1.165, 1.54) is 296 Å². The summed E-state index contributed by atoms with van der Waals surface area (Å²) in [4.78, 5) is 0. The van der Waals surface area contributed by atoms with E-state index in [1.54, 1.807) is 0 Å². The normalized spacial score (nSPS) is 13.3. The minimum Gasteiger partial charge on any atom is -0.455 e. The van der Waals surface area contributed by atoms with E-state index in [2.05, 4.69) is 451 Å². The Morgan fingerprint density at radius 2 is 0.507 bits per heavy atom. The van der Waals surface area contributed by atoms with Gasteiger partial charge in [0.15, 0.2) is 31.0 Å². The average Bonchev–Trinajstić information content (AvgIpc) is 1.58. The minimum absolute atomic E-state index is 0.114. The zero-order valence-electron chi connectivity index (χ0n) is 88.7. The Kier molecular flexibility index (Phi) is 25.4. The molecule has 27 rings (SSSR count). The van der Waals surface area contributed by atoms with Crippen LogP contribution in [0.5, 0.6) is 0 Å². The maximum Gasteiger partial charge on any atom is 0.216 e. The van der Waals surface area contributed by atoms with Crippen molar-refractivity contribution >= 4 is 164 Å². The fourth-order valence-electron chi connectivity index (χ4n) is 24.8. The number of fused-ring (bicyclic) bond motifs is 25. The van der Waals surface area contributed by atoms with Crippen LogP contribution < -0.4 is 22.8 Å². The third kappa shape index (κ3) is 17.3. The molecule has 10 aromatic heterocycles. The fourth-order valence-corrected chi connectivity index (χ4v) is 24.8. The van der Waals surface area contributed by atoms with Crippen LogP contribution >= 0.6 is 0 Å². The van der Waals surface area contributed by atoms with Gasteiger partial charge in [0.2, 0.25) is 28.5 Å². The summed E-state index contributed by atoms with van der Waals surface area (Å²) in [5.41, 5.74) is 36.4. The molecule has 2 aliphatic rings. The molecule has 15 aromatic carbocycles. The van der Waals surface area contributed by atoms with Gasteiger partial charge in [-0.05, 0) is 231 Å². The van der Waals surface area contributed by atoms with Crippen molar-refractivity contribution in [3.8, 4) is 56.3 Å². The number of pyridine rings is 5. The molecule has 734 valence electrons. The summed E-state index contributed by atoms with van der Waals surface area (Å²) < 4.78 is 43.7. The van der Waals surface area contributed by atoms with Crippen molar-refractivity contribution in [2.24, 2.45) is 53.0 Å². The van der Waals surface area contributed by atoms with E-state index in [-0.39, 0.29) is 5.41 Å². The zero-order valence-corrected chi connectivity index (χ0v) is 88.7. The van der Waals surface area contributed by atoms with E-state index in [9.17, 15) is 0 Å². The quantitative estimate of drug-likeness (QED) is 0.120. The van der Waals surface area contributed by atoms with E-state index < -0.39 is 0 Å². The molecule has 2 fully saturated rings. The molecule has 2 saturated carbocycles. The predicted octanol–water partition coefficient (Wildman–Crippen LogP) is 34.7. The maximum absolute atomic E-state index is 6.56. The van der Waals surface area contributed by atoms with Crippen LogP contribution in [0.1, 0.15) is 154 Å².